The van der Waals surface area contributed by atoms with Crippen molar-refractivity contribution in [3.05, 3.63) is 48.5 Å². The molecule has 0 aromatic heterocycles. The molecular weight excluding hydrogens is 360 g/mol. The Morgan fingerprint density at radius 3 is 2.68 bits per heavy atom. The first-order valence-corrected chi connectivity index (χ1v) is 9.37. The zero-order valence-electron chi connectivity index (χ0n) is 15.4. The van der Waals surface area contributed by atoms with Gasteiger partial charge in [-0.25, -0.2) is 0 Å². The predicted octanol–water partition coefficient (Wildman–Crippen LogP) is 2.15. The maximum atomic E-state index is 12.0. The van der Waals surface area contributed by atoms with Crippen LogP contribution in [0.15, 0.2) is 48.5 Å². The van der Waals surface area contributed by atoms with Gasteiger partial charge < -0.3 is 24.4 Å². The highest BCUT2D eigenvalue weighted by atomic mass is 16.6. The Kier molecular flexibility index (Phi) is 5.32. The lowest BCUT2D eigenvalue weighted by Gasteiger charge is -2.26. The topological polar surface area (TPSA) is 77.1 Å². The van der Waals surface area contributed by atoms with E-state index >= 15 is 0 Å². The van der Waals surface area contributed by atoms with Crippen LogP contribution in [-0.2, 0) is 9.59 Å². The van der Waals surface area contributed by atoms with E-state index in [4.69, 9.17) is 14.2 Å². The van der Waals surface area contributed by atoms with Gasteiger partial charge in [0.25, 0.3) is 5.91 Å². The van der Waals surface area contributed by atoms with Crippen molar-refractivity contribution < 1.29 is 23.8 Å². The number of amides is 2. The summed E-state index contributed by atoms with van der Waals surface area (Å²) in [5.74, 6) is 1.89. The largest absolute Gasteiger partial charge is 0.486 e. The van der Waals surface area contributed by atoms with Crippen molar-refractivity contribution in [1.82, 2.24) is 5.32 Å². The predicted molar refractivity (Wildman–Crippen MR) is 103 cm³/mol. The summed E-state index contributed by atoms with van der Waals surface area (Å²) in [5.41, 5.74) is 0.856. The normalized spacial score (nSPS) is 18.1. The van der Waals surface area contributed by atoms with Gasteiger partial charge in [0.2, 0.25) is 5.91 Å². The van der Waals surface area contributed by atoms with E-state index in [0.717, 1.165) is 18.7 Å². The van der Waals surface area contributed by atoms with E-state index < -0.39 is 0 Å². The molecule has 0 spiro atoms. The molecule has 1 fully saturated rings. The number of hydrogen-bond acceptors (Lipinski definition) is 5. The van der Waals surface area contributed by atoms with Crippen LogP contribution in [0.5, 0.6) is 17.2 Å². The molecule has 146 valence electrons. The van der Waals surface area contributed by atoms with Gasteiger partial charge in [0.15, 0.2) is 18.1 Å². The van der Waals surface area contributed by atoms with Crippen LogP contribution in [0.25, 0.3) is 0 Å². The maximum Gasteiger partial charge on any atom is 0.258 e. The van der Waals surface area contributed by atoms with Crippen LogP contribution < -0.4 is 24.4 Å². The number of carbonyl (C=O) groups is 2. The van der Waals surface area contributed by atoms with Gasteiger partial charge in [-0.2, -0.15) is 0 Å². The highest BCUT2D eigenvalue weighted by Crippen LogP contribution is 2.30. The summed E-state index contributed by atoms with van der Waals surface area (Å²) in [4.78, 5) is 25.6. The first kappa shape index (κ1) is 18.2. The quantitative estimate of drug-likeness (QED) is 0.828. The number of anilines is 1. The molecule has 0 aliphatic carbocycles. The summed E-state index contributed by atoms with van der Waals surface area (Å²) in [6.07, 6.45) is 1.24. The summed E-state index contributed by atoms with van der Waals surface area (Å²) in [7, 11) is 0. The van der Waals surface area contributed by atoms with Crippen LogP contribution in [0.1, 0.15) is 12.8 Å². The molecule has 2 aromatic carbocycles. The number of para-hydroxylation sites is 2. The Balaban J connectivity index is 1.21. The molecular formula is C21H22N2O5. The van der Waals surface area contributed by atoms with Crippen molar-refractivity contribution in [2.75, 3.05) is 31.2 Å². The molecule has 1 saturated heterocycles. The van der Waals surface area contributed by atoms with Gasteiger partial charge in [-0.1, -0.05) is 12.1 Å². The van der Waals surface area contributed by atoms with Crippen molar-refractivity contribution in [2.45, 2.75) is 18.9 Å². The minimum Gasteiger partial charge on any atom is -0.486 e. The van der Waals surface area contributed by atoms with Gasteiger partial charge in [-0.3, -0.25) is 9.59 Å². The average molecular weight is 382 g/mol. The fourth-order valence-electron chi connectivity index (χ4n) is 3.23. The average Bonchev–Trinajstić information content (AvgIpc) is 3.17. The molecule has 0 radical (unpaired) electrons. The molecule has 2 aliphatic rings. The monoisotopic (exact) mass is 382 g/mol. The lowest BCUT2D eigenvalue weighted by Crippen LogP contribution is -2.42. The van der Waals surface area contributed by atoms with Crippen LogP contribution in [0.2, 0.25) is 0 Å². The van der Waals surface area contributed by atoms with Crippen LogP contribution in [0.3, 0.4) is 0 Å². The third-order valence-corrected chi connectivity index (χ3v) is 4.69. The summed E-state index contributed by atoms with van der Waals surface area (Å²) >= 11 is 0. The smallest absolute Gasteiger partial charge is 0.258 e. The maximum absolute atomic E-state index is 12.0. The molecule has 0 bridgehead atoms. The fourth-order valence-corrected chi connectivity index (χ4v) is 3.23. The SMILES string of the molecule is O=C(COc1ccc(N2CCCC2=O)cc1)NC[C@H]1COc2ccccc2O1. The third kappa shape index (κ3) is 4.19. The van der Waals surface area contributed by atoms with Crippen molar-refractivity contribution in [1.29, 1.82) is 0 Å². The van der Waals surface area contributed by atoms with E-state index in [2.05, 4.69) is 5.32 Å². The Morgan fingerprint density at radius 2 is 1.93 bits per heavy atom. The molecule has 0 saturated carbocycles. The molecule has 2 amide bonds. The van der Waals surface area contributed by atoms with Gasteiger partial charge in [-0.05, 0) is 42.8 Å². The summed E-state index contributed by atoms with van der Waals surface area (Å²) in [6.45, 7) is 1.38. The highest BCUT2D eigenvalue weighted by molar-refractivity contribution is 5.95. The molecule has 1 N–H and O–H groups in total. The lowest BCUT2D eigenvalue weighted by atomic mass is 10.2. The zero-order valence-corrected chi connectivity index (χ0v) is 15.4. The number of nitrogens with zero attached hydrogens (tertiary/aromatic N) is 1. The first-order valence-electron chi connectivity index (χ1n) is 9.37. The molecule has 28 heavy (non-hydrogen) atoms. The number of benzene rings is 2. The van der Waals surface area contributed by atoms with E-state index in [9.17, 15) is 9.59 Å². The Bertz CT molecular complexity index is 852. The Labute approximate surface area is 163 Å². The first-order chi connectivity index (χ1) is 13.7. The Hall–Kier alpha value is -3.22. The fraction of sp³-hybridized carbons (Fsp3) is 0.333. The number of rotatable bonds is 6. The van der Waals surface area contributed by atoms with Crippen molar-refractivity contribution in [3.63, 3.8) is 0 Å². The van der Waals surface area contributed by atoms with Crippen molar-refractivity contribution in [3.8, 4) is 17.2 Å². The Morgan fingerprint density at radius 1 is 1.14 bits per heavy atom. The van der Waals surface area contributed by atoms with Gasteiger partial charge in [0.1, 0.15) is 18.5 Å². The molecule has 7 nitrogen and oxygen atoms in total. The van der Waals surface area contributed by atoms with Crippen molar-refractivity contribution in [2.24, 2.45) is 0 Å². The minimum absolute atomic E-state index is 0.0911. The highest BCUT2D eigenvalue weighted by Gasteiger charge is 2.22. The van der Waals surface area contributed by atoms with Crippen molar-refractivity contribution >= 4 is 17.5 Å². The molecule has 7 heteroatoms. The second-order valence-electron chi connectivity index (χ2n) is 6.73. The van der Waals surface area contributed by atoms with Crippen LogP contribution >= 0.6 is 0 Å². The number of hydrogen-bond donors (Lipinski definition) is 1. The number of nitrogens with one attached hydrogen (secondary N) is 1. The van der Waals surface area contributed by atoms with Gasteiger partial charge in [0, 0.05) is 18.7 Å². The van der Waals surface area contributed by atoms with E-state index in [1.807, 2.05) is 36.4 Å². The molecule has 4 rings (SSSR count). The van der Waals surface area contributed by atoms with Gasteiger partial charge in [0.05, 0.1) is 6.54 Å². The lowest BCUT2D eigenvalue weighted by molar-refractivity contribution is -0.123. The number of fused-ring (bicyclic) bond motifs is 1. The molecule has 0 unspecified atom stereocenters. The van der Waals surface area contributed by atoms with Gasteiger partial charge >= 0.3 is 0 Å². The van der Waals surface area contributed by atoms with Gasteiger partial charge in [-0.15, -0.1) is 0 Å². The molecule has 2 heterocycles. The van der Waals surface area contributed by atoms with Crippen LogP contribution in [0, 0.1) is 0 Å². The molecule has 2 aromatic rings. The number of ether oxygens (including phenoxy) is 3. The van der Waals surface area contributed by atoms with E-state index in [0.29, 0.717) is 36.8 Å². The minimum atomic E-state index is -0.240. The second-order valence-corrected chi connectivity index (χ2v) is 6.73. The standard InChI is InChI=1S/C21H22N2O5/c24-20(22-12-17-13-27-18-4-1-2-5-19(18)28-17)14-26-16-9-7-15(8-10-16)23-11-3-6-21(23)25/h1-2,4-5,7-10,17H,3,6,11-14H2,(H,22,24)/t17-/m0/s1. The van der Waals surface area contributed by atoms with E-state index in [1.165, 1.54) is 0 Å². The van der Waals surface area contributed by atoms with Crippen LogP contribution in [-0.4, -0.2) is 44.2 Å². The molecule has 1 atom stereocenters. The summed E-state index contributed by atoms with van der Waals surface area (Å²) < 4.78 is 16.9. The zero-order chi connectivity index (χ0) is 19.3. The third-order valence-electron chi connectivity index (χ3n) is 4.69. The summed E-state index contributed by atoms with van der Waals surface area (Å²) in [6, 6.07) is 14.7. The summed E-state index contributed by atoms with van der Waals surface area (Å²) in [5, 5.41) is 2.79. The van der Waals surface area contributed by atoms with Crippen LogP contribution in [0.4, 0.5) is 5.69 Å². The van der Waals surface area contributed by atoms with E-state index in [-0.39, 0.29) is 24.5 Å². The molecule has 2 aliphatic heterocycles. The second kappa shape index (κ2) is 8.21. The number of carbonyl (C=O) groups excluding carboxylic acids is 2. The van der Waals surface area contributed by atoms with E-state index in [1.54, 1.807) is 17.0 Å².